The van der Waals surface area contributed by atoms with Crippen LogP contribution in [-0.2, 0) is 0 Å². The summed E-state index contributed by atoms with van der Waals surface area (Å²) in [6, 6.07) is 7.08. The Morgan fingerprint density at radius 3 is 2.47 bits per heavy atom. The van der Waals surface area contributed by atoms with Crippen molar-refractivity contribution < 1.29 is 14.0 Å². The number of carbonyl (C=O) groups excluding carboxylic acids is 2. The number of thiophene rings is 1. The van der Waals surface area contributed by atoms with Gasteiger partial charge in [0.25, 0.3) is 5.91 Å². The van der Waals surface area contributed by atoms with Crippen molar-refractivity contribution in [1.29, 1.82) is 0 Å². The van der Waals surface area contributed by atoms with Crippen LogP contribution in [-0.4, -0.2) is 11.7 Å². The van der Waals surface area contributed by atoms with Gasteiger partial charge >= 0.3 is 0 Å². The lowest BCUT2D eigenvalue weighted by Crippen LogP contribution is -2.10. The van der Waals surface area contributed by atoms with Crippen molar-refractivity contribution in [3.8, 4) is 0 Å². The number of amides is 1. The maximum Gasteiger partial charge on any atom is 0.265 e. The zero-order valence-electron chi connectivity index (χ0n) is 9.87. The Kier molecular flexibility index (Phi) is 3.97. The van der Waals surface area contributed by atoms with Crippen LogP contribution in [0.5, 0.6) is 0 Å². The number of anilines is 1. The molecule has 1 heterocycles. The van der Waals surface area contributed by atoms with Gasteiger partial charge in [-0.05, 0) is 37.3 Å². The first-order valence-corrected chi connectivity index (χ1v) is 6.54. The summed E-state index contributed by atoms with van der Waals surface area (Å²) in [6.45, 7) is 1.44. The predicted molar refractivity (Wildman–Crippen MR) is 73.7 cm³/mol. The van der Waals surface area contributed by atoms with Crippen LogP contribution in [0, 0.1) is 5.82 Å². The third kappa shape index (κ3) is 3.19. The molecule has 0 saturated carbocycles. The standard InChI is InChI=1S/C13H9ClFNO2S/c1-7(17)11-4-5-12(19-11)13(18)16-8-2-3-10(15)9(14)6-8/h2-6H,1H3,(H,16,18). The highest BCUT2D eigenvalue weighted by atomic mass is 35.5. The number of nitrogens with one attached hydrogen (secondary N) is 1. The smallest absolute Gasteiger partial charge is 0.265 e. The quantitative estimate of drug-likeness (QED) is 0.871. The molecule has 6 heteroatoms. The van der Waals surface area contributed by atoms with Crippen molar-refractivity contribution in [2.24, 2.45) is 0 Å². The Hall–Kier alpha value is -1.72. The van der Waals surface area contributed by atoms with E-state index in [4.69, 9.17) is 11.6 Å². The predicted octanol–water partition coefficient (Wildman–Crippen LogP) is 4.00. The summed E-state index contributed by atoms with van der Waals surface area (Å²) >= 11 is 6.73. The van der Waals surface area contributed by atoms with Crippen LogP contribution < -0.4 is 5.32 Å². The highest BCUT2D eigenvalue weighted by molar-refractivity contribution is 7.16. The molecule has 0 unspecified atom stereocenters. The van der Waals surface area contributed by atoms with Crippen molar-refractivity contribution in [2.75, 3.05) is 5.32 Å². The van der Waals surface area contributed by atoms with Gasteiger partial charge < -0.3 is 5.32 Å². The zero-order valence-corrected chi connectivity index (χ0v) is 11.4. The van der Waals surface area contributed by atoms with Gasteiger partial charge in [0.2, 0.25) is 0 Å². The maximum atomic E-state index is 13.0. The van der Waals surface area contributed by atoms with Gasteiger partial charge in [-0.3, -0.25) is 9.59 Å². The lowest BCUT2D eigenvalue weighted by atomic mass is 10.3. The van der Waals surface area contributed by atoms with Gasteiger partial charge in [-0.1, -0.05) is 11.6 Å². The molecule has 0 saturated heterocycles. The van der Waals surface area contributed by atoms with Gasteiger partial charge in [0.15, 0.2) is 5.78 Å². The van der Waals surface area contributed by atoms with E-state index in [1.54, 1.807) is 12.1 Å². The lowest BCUT2D eigenvalue weighted by Gasteiger charge is -2.04. The summed E-state index contributed by atoms with van der Waals surface area (Å²) in [5.41, 5.74) is 0.397. The molecule has 98 valence electrons. The van der Waals surface area contributed by atoms with E-state index < -0.39 is 5.82 Å². The number of carbonyl (C=O) groups is 2. The van der Waals surface area contributed by atoms with Gasteiger partial charge in [-0.25, -0.2) is 4.39 Å². The van der Waals surface area contributed by atoms with Crippen molar-refractivity contribution >= 4 is 40.3 Å². The fourth-order valence-electron chi connectivity index (χ4n) is 1.42. The minimum Gasteiger partial charge on any atom is -0.321 e. The number of rotatable bonds is 3. The van der Waals surface area contributed by atoms with Crippen LogP contribution in [0.25, 0.3) is 0 Å². The SMILES string of the molecule is CC(=O)c1ccc(C(=O)Nc2ccc(F)c(Cl)c2)s1. The third-order valence-corrected chi connectivity index (χ3v) is 3.83. The number of ketones is 1. The van der Waals surface area contributed by atoms with Crippen LogP contribution in [0.1, 0.15) is 26.3 Å². The fourth-order valence-corrected chi connectivity index (χ4v) is 2.39. The summed E-state index contributed by atoms with van der Waals surface area (Å²) in [7, 11) is 0. The highest BCUT2D eigenvalue weighted by Gasteiger charge is 2.12. The second kappa shape index (κ2) is 5.50. The van der Waals surface area contributed by atoms with Crippen LogP contribution in [0.4, 0.5) is 10.1 Å². The average molecular weight is 298 g/mol. The summed E-state index contributed by atoms with van der Waals surface area (Å²) in [4.78, 5) is 24.0. The summed E-state index contributed by atoms with van der Waals surface area (Å²) in [5.74, 6) is -0.997. The van der Waals surface area contributed by atoms with Gasteiger partial charge in [0, 0.05) is 5.69 Å². The van der Waals surface area contributed by atoms with E-state index in [2.05, 4.69) is 5.32 Å². The first-order valence-electron chi connectivity index (χ1n) is 5.34. The Morgan fingerprint density at radius 2 is 1.89 bits per heavy atom. The average Bonchev–Trinajstić information content (AvgIpc) is 2.83. The van der Waals surface area contributed by atoms with Crippen LogP contribution in [0.2, 0.25) is 5.02 Å². The molecule has 1 aromatic carbocycles. The minimum absolute atomic E-state index is 0.0617. The molecule has 0 aliphatic carbocycles. The molecule has 0 radical (unpaired) electrons. The van der Waals surface area contributed by atoms with Gasteiger partial charge in [0.1, 0.15) is 5.82 Å². The molecule has 2 aromatic rings. The van der Waals surface area contributed by atoms with Crippen molar-refractivity contribution in [3.05, 3.63) is 50.9 Å². The molecule has 0 spiro atoms. The number of Topliss-reactive ketones (excluding diaryl/α,β-unsaturated/α-hetero) is 1. The molecule has 19 heavy (non-hydrogen) atoms. The molecular weight excluding hydrogens is 289 g/mol. The van der Waals surface area contributed by atoms with Crippen molar-refractivity contribution in [3.63, 3.8) is 0 Å². The molecule has 0 aliphatic rings. The molecular formula is C13H9ClFNO2S. The second-order valence-corrected chi connectivity index (χ2v) is 5.29. The lowest BCUT2D eigenvalue weighted by molar-refractivity contribution is 0.101. The first-order chi connectivity index (χ1) is 8.97. The van der Waals surface area contributed by atoms with E-state index in [1.807, 2.05) is 0 Å². The number of benzene rings is 1. The Morgan fingerprint density at radius 1 is 1.21 bits per heavy atom. The van der Waals surface area contributed by atoms with Crippen molar-refractivity contribution in [2.45, 2.75) is 6.92 Å². The van der Waals surface area contributed by atoms with E-state index in [0.29, 0.717) is 15.4 Å². The summed E-state index contributed by atoms with van der Waals surface area (Å²) < 4.78 is 13.0. The fraction of sp³-hybridized carbons (Fsp3) is 0.0769. The van der Waals surface area contributed by atoms with Crippen LogP contribution in [0.15, 0.2) is 30.3 Å². The number of hydrogen-bond acceptors (Lipinski definition) is 3. The topological polar surface area (TPSA) is 46.2 Å². The summed E-state index contributed by atoms with van der Waals surface area (Å²) in [6.07, 6.45) is 0. The van der Waals surface area contributed by atoms with E-state index in [-0.39, 0.29) is 16.7 Å². The molecule has 1 N–H and O–H groups in total. The zero-order chi connectivity index (χ0) is 14.0. The van der Waals surface area contributed by atoms with Gasteiger partial charge in [0.05, 0.1) is 14.8 Å². The Bertz CT molecular complexity index is 654. The summed E-state index contributed by atoms with van der Waals surface area (Å²) in [5, 5.41) is 2.53. The third-order valence-electron chi connectivity index (χ3n) is 2.35. The second-order valence-electron chi connectivity index (χ2n) is 3.80. The minimum atomic E-state index is -0.547. The first kappa shape index (κ1) is 13.7. The monoisotopic (exact) mass is 297 g/mol. The normalized spacial score (nSPS) is 10.3. The molecule has 0 fully saturated rings. The molecule has 2 rings (SSSR count). The molecule has 3 nitrogen and oxygen atoms in total. The molecule has 0 aliphatic heterocycles. The molecule has 1 aromatic heterocycles. The van der Waals surface area contributed by atoms with E-state index in [1.165, 1.54) is 25.1 Å². The molecule has 1 amide bonds. The van der Waals surface area contributed by atoms with Crippen molar-refractivity contribution in [1.82, 2.24) is 0 Å². The highest BCUT2D eigenvalue weighted by Crippen LogP contribution is 2.22. The van der Waals surface area contributed by atoms with E-state index >= 15 is 0 Å². The Labute approximate surface area is 118 Å². The van der Waals surface area contributed by atoms with E-state index in [0.717, 1.165) is 11.3 Å². The number of hydrogen-bond donors (Lipinski definition) is 1. The van der Waals surface area contributed by atoms with E-state index in [9.17, 15) is 14.0 Å². The molecule has 0 atom stereocenters. The van der Waals surface area contributed by atoms with Crippen LogP contribution in [0.3, 0.4) is 0 Å². The number of halogens is 2. The molecule has 0 bridgehead atoms. The van der Waals surface area contributed by atoms with Gasteiger partial charge in [-0.2, -0.15) is 0 Å². The van der Waals surface area contributed by atoms with Gasteiger partial charge in [-0.15, -0.1) is 11.3 Å². The maximum absolute atomic E-state index is 13.0. The van der Waals surface area contributed by atoms with Crippen LogP contribution >= 0.6 is 22.9 Å². The largest absolute Gasteiger partial charge is 0.321 e. The Balaban J connectivity index is 2.15.